The molecule has 0 spiro atoms. The Balaban J connectivity index is 1.16. The molecule has 1 saturated carbocycles. The highest BCUT2D eigenvalue weighted by Gasteiger charge is 2.50. The summed E-state index contributed by atoms with van der Waals surface area (Å²) in [5.74, 6) is -0.657. The second kappa shape index (κ2) is 11.4. The minimum atomic E-state index is -4.36. The third-order valence-electron chi connectivity index (χ3n) is 11.7. The number of amides is 2. The van der Waals surface area contributed by atoms with Crippen LogP contribution in [-0.2, 0) is 26.2 Å². The molecule has 6 aliphatic rings. The number of carbonyl (C=O) groups excluding carboxylic acids is 2. The van der Waals surface area contributed by atoms with Crippen LogP contribution in [0.25, 0.3) is 10.9 Å². The van der Waals surface area contributed by atoms with E-state index in [2.05, 4.69) is 72.6 Å². The van der Waals surface area contributed by atoms with E-state index in [1.807, 2.05) is 0 Å². The summed E-state index contributed by atoms with van der Waals surface area (Å²) >= 11 is 0. The molecule has 2 saturated heterocycles. The molecule has 13 heteroatoms. The van der Waals surface area contributed by atoms with Gasteiger partial charge in [0.25, 0.3) is 11.1 Å². The van der Waals surface area contributed by atoms with Gasteiger partial charge in [0.2, 0.25) is 5.91 Å². The van der Waals surface area contributed by atoms with E-state index in [1.54, 1.807) is 0 Å². The van der Waals surface area contributed by atoms with Crippen LogP contribution in [0, 0.1) is 5.92 Å². The number of aromatic nitrogens is 4. The molecule has 3 unspecified atom stereocenters. The summed E-state index contributed by atoms with van der Waals surface area (Å²) in [4.78, 5) is 42.8. The van der Waals surface area contributed by atoms with Gasteiger partial charge in [-0.15, -0.1) is 5.10 Å². The Morgan fingerprint density at radius 2 is 1.82 bits per heavy atom. The number of rotatable bonds is 6. The number of benzene rings is 1. The molecule has 256 valence electrons. The van der Waals surface area contributed by atoms with Gasteiger partial charge in [0.1, 0.15) is 7.11 Å². The van der Waals surface area contributed by atoms with E-state index in [-0.39, 0.29) is 29.8 Å². The first-order valence-corrected chi connectivity index (χ1v) is 19.0. The van der Waals surface area contributed by atoms with Crippen molar-refractivity contribution < 1.29 is 22.8 Å². The summed E-state index contributed by atoms with van der Waals surface area (Å²) in [5.41, 5.74) is 6.48. The number of para-hydroxylation sites is 1. The van der Waals surface area contributed by atoms with Gasteiger partial charge in [0.05, 0.1) is 17.0 Å². The lowest BCUT2D eigenvalue weighted by atomic mass is 9.75. The molecule has 2 aromatic heterocycles. The molecule has 2 bridgehead atoms. The van der Waals surface area contributed by atoms with Gasteiger partial charge >= 0.3 is 10.0 Å². The van der Waals surface area contributed by atoms with Crippen molar-refractivity contribution in [2.45, 2.75) is 87.0 Å². The lowest BCUT2D eigenvalue weighted by Gasteiger charge is -2.43. The van der Waals surface area contributed by atoms with Crippen LogP contribution in [0.15, 0.2) is 70.2 Å². The third kappa shape index (κ3) is 4.91. The number of likely N-dealkylation sites (N-methyl/N-ethyl adjacent to an activating group) is 1. The van der Waals surface area contributed by atoms with E-state index in [1.165, 1.54) is 37.5 Å². The van der Waals surface area contributed by atoms with Crippen LogP contribution in [-0.4, -0.2) is 88.9 Å². The van der Waals surface area contributed by atoms with Gasteiger partial charge in [-0.05, 0) is 73.4 Å². The van der Waals surface area contributed by atoms with Crippen molar-refractivity contribution in [2.24, 2.45) is 5.92 Å². The van der Waals surface area contributed by atoms with Gasteiger partial charge in [-0.2, -0.15) is 13.4 Å². The number of likely N-dealkylation sites (tertiary alicyclic amines) is 1. The van der Waals surface area contributed by atoms with Crippen LogP contribution in [0.3, 0.4) is 0 Å². The predicted molar refractivity (Wildman–Crippen MR) is 181 cm³/mol. The first kappa shape index (κ1) is 30.8. The van der Waals surface area contributed by atoms with E-state index in [9.17, 15) is 18.0 Å². The Morgan fingerprint density at radius 1 is 1.04 bits per heavy atom. The van der Waals surface area contributed by atoms with Crippen LogP contribution < -0.4 is 9.56 Å². The maximum Gasteiger partial charge on any atom is 0.301 e. The second-order valence-corrected chi connectivity index (χ2v) is 16.2. The molecule has 49 heavy (non-hydrogen) atoms. The molecular formula is C36H41N7O5S. The molecule has 4 atom stereocenters. The largest absolute Gasteiger partial charge is 0.399 e. The highest BCUT2D eigenvalue weighted by atomic mass is 32.2. The molecule has 3 aromatic rings. The summed E-state index contributed by atoms with van der Waals surface area (Å²) in [7, 11) is -0.886. The van der Waals surface area contributed by atoms with Gasteiger partial charge in [0.15, 0.2) is 6.33 Å². The molecule has 0 radical (unpaired) electrons. The Kier molecular flexibility index (Phi) is 7.17. The first-order valence-electron chi connectivity index (χ1n) is 17.5. The number of hydrogen-bond donors (Lipinski definition) is 1. The van der Waals surface area contributed by atoms with Crippen LogP contribution in [0.4, 0.5) is 0 Å². The maximum atomic E-state index is 14.8. The fourth-order valence-electron chi connectivity index (χ4n) is 9.63. The Morgan fingerprint density at radius 3 is 2.55 bits per heavy atom. The van der Waals surface area contributed by atoms with Crippen molar-refractivity contribution in [3.05, 3.63) is 76.3 Å². The van der Waals surface area contributed by atoms with Crippen LogP contribution in [0.1, 0.15) is 74.5 Å². The molecule has 3 aliphatic heterocycles. The van der Waals surface area contributed by atoms with E-state index in [0.717, 1.165) is 77.7 Å². The molecule has 1 aromatic carbocycles. The predicted octanol–water partition coefficient (Wildman–Crippen LogP) is 3.43. The van der Waals surface area contributed by atoms with Crippen molar-refractivity contribution in [3.63, 3.8) is 0 Å². The standard InChI is InChI=1S/C36H41N7O5S/c1-40-17-23-14-15-24(18-40)43(23)35(45)27-13-7-12-26-30(27)29-16-22-10-6-11-25(21-8-4-3-5-9-21)33(22)41(29)19-28-31(26)32(28)34(44)39-49(46,47)36-37-20-42(38-36)48-2/h6-7,10-12,16,20-21,23-24,27,30H,3-5,8-9,13-15,17-19H2,1-2H3,(H,39,44)/t23?,24?,27-,30?/m1/s1. The molecule has 3 fully saturated rings. The van der Waals surface area contributed by atoms with Crippen LogP contribution >= 0.6 is 0 Å². The number of sulfonamides is 1. The maximum absolute atomic E-state index is 14.8. The van der Waals surface area contributed by atoms with Gasteiger partial charge in [-0.3, -0.25) is 9.59 Å². The highest BCUT2D eigenvalue weighted by molar-refractivity contribution is 7.89. The highest BCUT2D eigenvalue weighted by Crippen LogP contribution is 2.55. The van der Waals surface area contributed by atoms with Crippen molar-refractivity contribution >= 4 is 32.7 Å². The molecule has 12 nitrogen and oxygen atoms in total. The average molecular weight is 684 g/mol. The molecule has 5 heterocycles. The van der Waals surface area contributed by atoms with Crippen LogP contribution in [0.5, 0.6) is 0 Å². The summed E-state index contributed by atoms with van der Waals surface area (Å²) in [6.45, 7) is 2.21. The molecule has 2 amide bonds. The third-order valence-corrected chi connectivity index (χ3v) is 12.9. The normalized spacial score (nSPS) is 26.8. The topological polar surface area (TPSA) is 132 Å². The summed E-state index contributed by atoms with van der Waals surface area (Å²) in [5, 5.41) is 4.40. The van der Waals surface area contributed by atoms with Gasteiger partial charge in [-0.25, -0.2) is 4.72 Å². The number of nitrogens with zero attached hydrogens (tertiary/aromatic N) is 6. The van der Waals surface area contributed by atoms with E-state index in [4.69, 9.17) is 4.84 Å². The molecule has 3 aliphatic carbocycles. The molecular weight excluding hydrogens is 643 g/mol. The van der Waals surface area contributed by atoms with Gasteiger partial charge < -0.3 is 19.2 Å². The Labute approximate surface area is 285 Å². The lowest BCUT2D eigenvalue weighted by molar-refractivity contribution is -0.141. The SMILES string of the molecule is COn1cnc(S(=O)(=O)NC(=O)C2=C3Cn4c(cc5cccc(C6CCCCC6)c54)C4C(=C32)C=CC[C@H]4C(=O)N2C3CCC2CN(C)C3)n1. The first-order chi connectivity index (χ1) is 23.7. The summed E-state index contributed by atoms with van der Waals surface area (Å²) in [6, 6.07) is 9.27. The summed E-state index contributed by atoms with van der Waals surface area (Å²) in [6.07, 6.45) is 13.9. The number of piperazine rings is 1. The zero-order valence-electron chi connectivity index (χ0n) is 27.8. The van der Waals surface area contributed by atoms with Crippen LogP contribution in [0.2, 0.25) is 0 Å². The average Bonchev–Trinajstić information content (AvgIpc) is 3.32. The van der Waals surface area contributed by atoms with Crippen molar-refractivity contribution in [2.75, 3.05) is 27.2 Å². The number of hydrogen-bond acceptors (Lipinski definition) is 8. The minimum absolute atomic E-state index is 0.190. The van der Waals surface area contributed by atoms with E-state index >= 15 is 0 Å². The number of nitrogens with one attached hydrogen (secondary N) is 1. The fraction of sp³-hybridized carbons (Fsp3) is 0.500. The van der Waals surface area contributed by atoms with Gasteiger partial charge in [-0.1, -0.05) is 54.5 Å². The van der Waals surface area contributed by atoms with Gasteiger partial charge in [0, 0.05) is 48.7 Å². The smallest absolute Gasteiger partial charge is 0.301 e. The van der Waals surface area contributed by atoms with Crippen molar-refractivity contribution in [1.82, 2.24) is 34.0 Å². The Hall–Kier alpha value is -4.23. The van der Waals surface area contributed by atoms with Crippen molar-refractivity contribution in [3.8, 4) is 0 Å². The molecule has 1 N–H and O–H groups in total. The monoisotopic (exact) mass is 683 g/mol. The number of allylic oxidation sites excluding steroid dienone is 4. The fourth-order valence-corrected chi connectivity index (χ4v) is 10.4. The quantitative estimate of drug-likeness (QED) is 0.418. The Bertz CT molecular complexity index is 2090. The van der Waals surface area contributed by atoms with E-state index < -0.39 is 21.1 Å². The number of carbonyl (C=O) groups is 2. The zero-order chi connectivity index (χ0) is 33.6. The lowest BCUT2D eigenvalue weighted by Crippen LogP contribution is -2.56. The molecule has 9 rings (SSSR count). The number of fused-ring (bicyclic) bond motifs is 8. The zero-order valence-corrected chi connectivity index (χ0v) is 28.7. The summed E-state index contributed by atoms with van der Waals surface area (Å²) < 4.78 is 30.9. The van der Waals surface area contributed by atoms with E-state index in [0.29, 0.717) is 24.5 Å². The second-order valence-electron chi connectivity index (χ2n) is 14.6. The van der Waals surface area contributed by atoms with Crippen molar-refractivity contribution in [1.29, 1.82) is 0 Å². The minimum Gasteiger partial charge on any atom is -0.399 e.